The van der Waals surface area contributed by atoms with Crippen LogP contribution in [0.2, 0.25) is 15.1 Å². The van der Waals surface area contributed by atoms with Crippen molar-refractivity contribution in [1.82, 2.24) is 28.7 Å². The Hall–Kier alpha value is -4.79. The summed E-state index contributed by atoms with van der Waals surface area (Å²) in [5.74, 6) is -6.64. The highest BCUT2D eigenvalue weighted by molar-refractivity contribution is 6.31. The largest absolute Gasteiger partial charge is 0.306 e. The molecule has 4 aromatic heterocycles. The number of hydrogen-bond donors (Lipinski definition) is 0. The lowest BCUT2D eigenvalue weighted by molar-refractivity contribution is 0.543. The molecule has 17 heteroatoms. The molecule has 254 valence electrons. The van der Waals surface area contributed by atoms with Crippen molar-refractivity contribution in [1.29, 1.82) is 0 Å². The third-order valence-electron chi connectivity index (χ3n) is 7.10. The molecular weight excluding hydrogens is 721 g/mol. The minimum atomic E-state index is -1.15. The summed E-state index contributed by atoms with van der Waals surface area (Å²) in [7, 11) is 0. The van der Waals surface area contributed by atoms with Gasteiger partial charge in [-0.1, -0.05) is 34.8 Å². The third-order valence-corrected chi connectivity index (χ3v) is 7.76. The Labute approximate surface area is 287 Å². The summed E-state index contributed by atoms with van der Waals surface area (Å²) in [6.45, 7) is 3.50. The van der Waals surface area contributed by atoms with Crippen LogP contribution < -0.4 is 11.1 Å². The van der Waals surface area contributed by atoms with Crippen LogP contribution in [0.4, 0.5) is 26.3 Å². The fourth-order valence-electron chi connectivity index (χ4n) is 5.09. The van der Waals surface area contributed by atoms with Gasteiger partial charge in [-0.2, -0.15) is 10.2 Å². The van der Waals surface area contributed by atoms with E-state index in [-0.39, 0.29) is 45.9 Å². The number of pyridine rings is 2. The summed E-state index contributed by atoms with van der Waals surface area (Å²) in [5, 5.41) is 8.42. The molecular formula is C32H21Cl3F6N6O2. The Bertz CT molecular complexity index is 2290. The summed E-state index contributed by atoms with van der Waals surface area (Å²) >= 11 is 17.7. The van der Waals surface area contributed by atoms with Gasteiger partial charge in [0.15, 0.2) is 0 Å². The molecule has 8 nitrogen and oxygen atoms in total. The van der Waals surface area contributed by atoms with Gasteiger partial charge in [0.1, 0.15) is 39.9 Å². The third kappa shape index (κ3) is 7.02. The maximum Gasteiger partial charge on any atom is 0.269 e. The van der Waals surface area contributed by atoms with E-state index in [9.17, 15) is 35.9 Å². The minimum absolute atomic E-state index is 0.0419. The zero-order valence-corrected chi connectivity index (χ0v) is 27.4. The van der Waals surface area contributed by atoms with E-state index in [1.165, 1.54) is 56.9 Å². The summed E-state index contributed by atoms with van der Waals surface area (Å²) in [6, 6.07) is 6.09. The van der Waals surface area contributed by atoms with Gasteiger partial charge in [0.05, 0.1) is 56.3 Å². The smallest absolute Gasteiger partial charge is 0.269 e. The quantitative estimate of drug-likeness (QED) is 0.161. The average Bonchev–Trinajstić information content (AvgIpc) is 3.66. The first-order chi connectivity index (χ1) is 23.2. The van der Waals surface area contributed by atoms with Crippen LogP contribution in [0.15, 0.2) is 76.8 Å². The molecule has 2 aromatic carbocycles. The van der Waals surface area contributed by atoms with Gasteiger partial charge in [-0.15, -0.1) is 0 Å². The van der Waals surface area contributed by atoms with E-state index in [4.69, 9.17) is 34.8 Å². The summed E-state index contributed by atoms with van der Waals surface area (Å²) in [4.78, 5) is 24.4. The molecule has 0 fully saturated rings. The number of aromatic nitrogens is 6. The van der Waals surface area contributed by atoms with Gasteiger partial charge in [-0.05, 0) is 26.0 Å². The molecule has 0 saturated carbocycles. The molecule has 0 spiro atoms. The molecule has 0 aliphatic rings. The van der Waals surface area contributed by atoms with Gasteiger partial charge in [0, 0.05) is 55.8 Å². The zero-order valence-electron chi connectivity index (χ0n) is 25.2. The minimum Gasteiger partial charge on any atom is -0.306 e. The molecule has 0 bridgehead atoms. The molecule has 4 heterocycles. The van der Waals surface area contributed by atoms with Crippen molar-refractivity contribution in [3.63, 3.8) is 0 Å². The van der Waals surface area contributed by atoms with Crippen molar-refractivity contribution in [2.45, 2.75) is 26.9 Å². The molecule has 0 radical (unpaired) electrons. The van der Waals surface area contributed by atoms with Crippen LogP contribution in [-0.4, -0.2) is 28.7 Å². The van der Waals surface area contributed by atoms with Crippen molar-refractivity contribution in [3.05, 3.63) is 138 Å². The predicted molar refractivity (Wildman–Crippen MR) is 173 cm³/mol. The lowest BCUT2D eigenvalue weighted by Gasteiger charge is -2.18. The molecule has 49 heavy (non-hydrogen) atoms. The molecule has 0 aliphatic heterocycles. The second kappa shape index (κ2) is 14.4. The van der Waals surface area contributed by atoms with Gasteiger partial charge in [0.25, 0.3) is 11.1 Å². The Morgan fingerprint density at radius 3 is 1.45 bits per heavy atom. The predicted octanol–water partition coefficient (Wildman–Crippen LogP) is 8.24. The Morgan fingerprint density at radius 1 is 0.612 bits per heavy atom. The number of nitrogens with zero attached hydrogens (tertiary/aromatic N) is 6. The maximum absolute atomic E-state index is 14.4. The number of halogens is 9. The second-order valence-corrected chi connectivity index (χ2v) is 11.4. The normalized spacial score (nSPS) is 11.1. The Morgan fingerprint density at radius 2 is 1.04 bits per heavy atom. The summed E-state index contributed by atoms with van der Waals surface area (Å²) in [6.07, 6.45) is 5.49. The number of benzene rings is 2. The van der Waals surface area contributed by atoms with Gasteiger partial charge in [0.2, 0.25) is 0 Å². The standard InChI is InChI=1S/C16H10Cl2F3N3O.C16H11ClF3N3O/c1-2-23-15(14-11(20)3-9(19)4-12(14)21)13(5-10(18)16(23)25)24-7-8(17)6-22-24;1-2-22-14(24)4-3-13(23-8-9(17)7-21-23)16(22)15-11(19)5-10(18)6-12(15)20/h3-7H,2H2,1H3;3-8H,2H2,1H3. The van der Waals surface area contributed by atoms with Crippen LogP contribution in [0, 0.1) is 34.9 Å². The van der Waals surface area contributed by atoms with Crippen molar-refractivity contribution in [3.8, 4) is 33.9 Å². The molecule has 0 saturated heterocycles. The maximum atomic E-state index is 14.4. The van der Waals surface area contributed by atoms with Crippen molar-refractivity contribution in [2.24, 2.45) is 0 Å². The fraction of sp³-hybridized carbons (Fsp3) is 0.125. The fourth-order valence-corrected chi connectivity index (χ4v) is 5.57. The first kappa shape index (κ1) is 35.5. The van der Waals surface area contributed by atoms with Gasteiger partial charge >= 0.3 is 0 Å². The molecule has 0 amide bonds. The Kier molecular flexibility index (Phi) is 10.4. The van der Waals surface area contributed by atoms with E-state index in [1.807, 2.05) is 0 Å². The number of rotatable bonds is 6. The Balaban J connectivity index is 0.000000191. The highest BCUT2D eigenvalue weighted by atomic mass is 35.5. The van der Waals surface area contributed by atoms with E-state index in [0.29, 0.717) is 29.3 Å². The van der Waals surface area contributed by atoms with Crippen molar-refractivity contribution in [2.75, 3.05) is 0 Å². The van der Waals surface area contributed by atoms with Crippen LogP contribution in [0.25, 0.3) is 33.9 Å². The number of hydrogen-bond acceptors (Lipinski definition) is 4. The highest BCUT2D eigenvalue weighted by Crippen LogP contribution is 2.33. The SMILES string of the molecule is CCn1c(-c2c(F)cc(F)cc2F)c(-n2cc(Cl)cn2)cc(Cl)c1=O.CCn1c(-c2c(F)cc(F)cc2F)c(-n2cc(Cl)cn2)ccc1=O. The van der Waals surface area contributed by atoms with Crippen LogP contribution in [0.3, 0.4) is 0 Å². The lowest BCUT2D eigenvalue weighted by Crippen LogP contribution is -2.24. The molecule has 0 atom stereocenters. The van der Waals surface area contributed by atoms with Gasteiger partial charge in [-0.3, -0.25) is 9.59 Å². The lowest BCUT2D eigenvalue weighted by atomic mass is 10.1. The van der Waals surface area contributed by atoms with Gasteiger partial charge < -0.3 is 9.13 Å². The first-order valence-corrected chi connectivity index (χ1v) is 15.3. The summed E-state index contributed by atoms with van der Waals surface area (Å²) < 4.78 is 88.6. The van der Waals surface area contributed by atoms with Crippen LogP contribution >= 0.6 is 34.8 Å². The van der Waals surface area contributed by atoms with Crippen molar-refractivity contribution >= 4 is 34.8 Å². The monoisotopic (exact) mass is 740 g/mol. The van der Waals surface area contributed by atoms with E-state index in [2.05, 4.69) is 10.2 Å². The summed E-state index contributed by atoms with van der Waals surface area (Å²) in [5.41, 5.74) is -1.93. The van der Waals surface area contributed by atoms with E-state index in [0.717, 1.165) is 4.57 Å². The molecule has 6 rings (SSSR count). The van der Waals surface area contributed by atoms with Gasteiger partial charge in [-0.25, -0.2) is 35.7 Å². The van der Waals surface area contributed by atoms with E-state index < -0.39 is 57.1 Å². The highest BCUT2D eigenvalue weighted by Gasteiger charge is 2.24. The topological polar surface area (TPSA) is 79.6 Å². The van der Waals surface area contributed by atoms with Crippen LogP contribution in [0.5, 0.6) is 0 Å². The zero-order chi connectivity index (χ0) is 35.7. The molecule has 6 aromatic rings. The van der Waals surface area contributed by atoms with E-state index >= 15 is 0 Å². The molecule has 0 unspecified atom stereocenters. The molecule has 0 aliphatic carbocycles. The van der Waals surface area contributed by atoms with E-state index in [1.54, 1.807) is 13.8 Å². The van der Waals surface area contributed by atoms with Crippen LogP contribution in [0.1, 0.15) is 13.8 Å². The first-order valence-electron chi connectivity index (χ1n) is 14.1. The van der Waals surface area contributed by atoms with Crippen molar-refractivity contribution < 1.29 is 26.3 Å². The average molecular weight is 742 g/mol. The van der Waals surface area contributed by atoms with Crippen LogP contribution in [-0.2, 0) is 13.1 Å². The molecule has 0 N–H and O–H groups in total. The second-order valence-electron chi connectivity index (χ2n) is 10.1.